The van der Waals surface area contributed by atoms with Crippen LogP contribution in [0.1, 0.15) is 36.8 Å². The van der Waals surface area contributed by atoms with Crippen molar-refractivity contribution in [2.45, 2.75) is 44.1 Å². The fourth-order valence-corrected chi connectivity index (χ4v) is 3.63. The van der Waals surface area contributed by atoms with Crippen molar-refractivity contribution in [3.8, 4) is 0 Å². The number of hydrogen-bond acceptors (Lipinski definition) is 3. The van der Waals surface area contributed by atoms with E-state index in [0.717, 1.165) is 38.9 Å². The summed E-state index contributed by atoms with van der Waals surface area (Å²) in [4.78, 5) is 12.3. The molecule has 0 unspecified atom stereocenters. The molecule has 1 N–H and O–H groups in total. The van der Waals surface area contributed by atoms with Crippen molar-refractivity contribution in [2.75, 3.05) is 26.4 Å². The zero-order chi connectivity index (χ0) is 15.4. The Morgan fingerprint density at radius 2 is 2.05 bits per heavy atom. The number of carbonyl (C=O) groups is 1. The monoisotopic (exact) mass is 303 g/mol. The second-order valence-corrected chi connectivity index (χ2v) is 6.43. The van der Waals surface area contributed by atoms with Crippen molar-refractivity contribution in [1.82, 2.24) is 5.32 Å². The molecule has 2 saturated heterocycles. The Bertz CT molecular complexity index is 517. The van der Waals surface area contributed by atoms with E-state index >= 15 is 0 Å². The van der Waals surface area contributed by atoms with Crippen LogP contribution in [0.4, 0.5) is 0 Å². The van der Waals surface area contributed by atoms with E-state index in [1.807, 2.05) is 0 Å². The van der Waals surface area contributed by atoms with Gasteiger partial charge in [-0.05, 0) is 43.7 Å². The molecule has 120 valence electrons. The third kappa shape index (κ3) is 3.18. The van der Waals surface area contributed by atoms with E-state index in [1.54, 1.807) is 0 Å². The van der Waals surface area contributed by atoms with E-state index in [4.69, 9.17) is 9.47 Å². The number of nitrogens with one attached hydrogen (secondary N) is 1. The van der Waals surface area contributed by atoms with Gasteiger partial charge >= 0.3 is 0 Å². The van der Waals surface area contributed by atoms with Gasteiger partial charge in [-0.3, -0.25) is 4.79 Å². The molecule has 2 aliphatic heterocycles. The molecular formula is C18H25NO3. The standard InChI is InChI=1S/C18H25NO3/c1-14-5-2-3-6-15(14)18(8-11-21-12-9-18)13-19-17(20)16-7-4-10-22-16/h2-3,5-6,16H,4,7-13H2,1H3,(H,19,20)/t16-/m0/s1. The first-order chi connectivity index (χ1) is 10.7. The Morgan fingerprint density at radius 3 is 2.73 bits per heavy atom. The molecule has 1 atom stereocenters. The molecule has 2 heterocycles. The van der Waals surface area contributed by atoms with Gasteiger partial charge in [-0.25, -0.2) is 0 Å². The molecule has 4 nitrogen and oxygen atoms in total. The predicted octanol–water partition coefficient (Wildman–Crippen LogP) is 2.34. The highest BCUT2D eigenvalue weighted by Gasteiger charge is 2.36. The highest BCUT2D eigenvalue weighted by Crippen LogP contribution is 2.36. The van der Waals surface area contributed by atoms with Gasteiger partial charge < -0.3 is 14.8 Å². The summed E-state index contributed by atoms with van der Waals surface area (Å²) < 4.78 is 11.0. The lowest BCUT2D eigenvalue weighted by atomic mass is 9.72. The van der Waals surface area contributed by atoms with E-state index in [0.29, 0.717) is 13.2 Å². The predicted molar refractivity (Wildman–Crippen MR) is 84.9 cm³/mol. The van der Waals surface area contributed by atoms with Crippen molar-refractivity contribution in [1.29, 1.82) is 0 Å². The smallest absolute Gasteiger partial charge is 0.249 e. The summed E-state index contributed by atoms with van der Waals surface area (Å²) >= 11 is 0. The SMILES string of the molecule is Cc1ccccc1C1(CNC(=O)[C@@H]2CCCO2)CCOCC1. The molecule has 0 aromatic heterocycles. The van der Waals surface area contributed by atoms with Crippen molar-refractivity contribution < 1.29 is 14.3 Å². The second-order valence-electron chi connectivity index (χ2n) is 6.43. The molecule has 1 amide bonds. The van der Waals surface area contributed by atoms with Crippen LogP contribution in [0.2, 0.25) is 0 Å². The second kappa shape index (κ2) is 6.80. The molecule has 22 heavy (non-hydrogen) atoms. The minimum absolute atomic E-state index is 0.0160. The van der Waals surface area contributed by atoms with Crippen LogP contribution in [0.5, 0.6) is 0 Å². The fourth-order valence-electron chi connectivity index (χ4n) is 3.63. The average molecular weight is 303 g/mol. The first kappa shape index (κ1) is 15.5. The third-order valence-corrected chi connectivity index (χ3v) is 4.99. The quantitative estimate of drug-likeness (QED) is 0.929. The molecule has 2 fully saturated rings. The topological polar surface area (TPSA) is 47.6 Å². The molecule has 4 heteroatoms. The van der Waals surface area contributed by atoms with Crippen LogP contribution in [0.25, 0.3) is 0 Å². The third-order valence-electron chi connectivity index (χ3n) is 4.99. The highest BCUT2D eigenvalue weighted by molar-refractivity contribution is 5.81. The first-order valence-corrected chi connectivity index (χ1v) is 8.24. The molecule has 0 bridgehead atoms. The summed E-state index contributed by atoms with van der Waals surface area (Å²) in [5, 5.41) is 3.14. The molecule has 0 spiro atoms. The zero-order valence-electron chi connectivity index (χ0n) is 13.3. The van der Waals surface area contributed by atoms with Crippen LogP contribution >= 0.6 is 0 Å². The number of amides is 1. The van der Waals surface area contributed by atoms with Gasteiger partial charge in [-0.1, -0.05) is 24.3 Å². The Kier molecular flexibility index (Phi) is 4.79. The first-order valence-electron chi connectivity index (χ1n) is 8.24. The van der Waals surface area contributed by atoms with Gasteiger partial charge in [-0.15, -0.1) is 0 Å². The van der Waals surface area contributed by atoms with Gasteiger partial charge in [0.05, 0.1) is 0 Å². The summed E-state index contributed by atoms with van der Waals surface area (Å²) in [7, 11) is 0. The molecule has 3 rings (SSSR count). The number of ether oxygens (including phenoxy) is 2. The lowest BCUT2D eigenvalue weighted by Crippen LogP contribution is -2.47. The number of carbonyl (C=O) groups excluding carboxylic acids is 1. The van der Waals surface area contributed by atoms with E-state index < -0.39 is 0 Å². The van der Waals surface area contributed by atoms with Crippen LogP contribution < -0.4 is 5.32 Å². The van der Waals surface area contributed by atoms with E-state index in [1.165, 1.54) is 11.1 Å². The van der Waals surface area contributed by atoms with Crippen molar-refractivity contribution in [3.63, 3.8) is 0 Å². The molecule has 0 aliphatic carbocycles. The van der Waals surface area contributed by atoms with Crippen LogP contribution in [-0.4, -0.2) is 38.4 Å². The number of aryl methyl sites for hydroxylation is 1. The van der Waals surface area contributed by atoms with Crippen LogP contribution in [0.15, 0.2) is 24.3 Å². The Morgan fingerprint density at radius 1 is 1.27 bits per heavy atom. The summed E-state index contributed by atoms with van der Waals surface area (Å²) in [5.41, 5.74) is 2.61. The van der Waals surface area contributed by atoms with E-state index in [2.05, 4.69) is 36.5 Å². The summed E-state index contributed by atoms with van der Waals surface area (Å²) in [6.45, 7) is 5.03. The summed E-state index contributed by atoms with van der Waals surface area (Å²) in [5.74, 6) is 0.0388. The molecule has 0 radical (unpaired) electrons. The molecule has 1 aromatic rings. The Balaban J connectivity index is 1.75. The minimum Gasteiger partial charge on any atom is -0.381 e. The van der Waals surface area contributed by atoms with Gasteiger partial charge in [0.1, 0.15) is 6.10 Å². The largest absolute Gasteiger partial charge is 0.381 e. The van der Waals surface area contributed by atoms with E-state index in [9.17, 15) is 4.79 Å². The van der Waals surface area contributed by atoms with Gasteiger partial charge in [0.25, 0.3) is 0 Å². The number of rotatable bonds is 4. The van der Waals surface area contributed by atoms with Crippen molar-refractivity contribution in [2.24, 2.45) is 0 Å². The molecular weight excluding hydrogens is 278 g/mol. The Hall–Kier alpha value is -1.39. The van der Waals surface area contributed by atoms with Gasteiger partial charge in [0, 0.05) is 31.8 Å². The molecule has 1 aromatic carbocycles. The normalized spacial score (nSPS) is 24.1. The van der Waals surface area contributed by atoms with Crippen molar-refractivity contribution in [3.05, 3.63) is 35.4 Å². The average Bonchev–Trinajstić information content (AvgIpc) is 3.08. The lowest BCUT2D eigenvalue weighted by molar-refractivity contribution is -0.130. The maximum absolute atomic E-state index is 12.3. The van der Waals surface area contributed by atoms with Crippen molar-refractivity contribution >= 4 is 5.91 Å². The number of benzene rings is 1. The zero-order valence-corrected chi connectivity index (χ0v) is 13.3. The fraction of sp³-hybridized carbons (Fsp3) is 0.611. The van der Waals surface area contributed by atoms with E-state index in [-0.39, 0.29) is 17.4 Å². The Labute approximate surface area is 132 Å². The lowest BCUT2D eigenvalue weighted by Gasteiger charge is -2.39. The van der Waals surface area contributed by atoms with Crippen LogP contribution in [0.3, 0.4) is 0 Å². The summed E-state index contributed by atoms with van der Waals surface area (Å²) in [6.07, 6.45) is 3.46. The van der Waals surface area contributed by atoms with Crippen LogP contribution in [-0.2, 0) is 19.7 Å². The van der Waals surface area contributed by atoms with Gasteiger partial charge in [0.2, 0.25) is 5.91 Å². The van der Waals surface area contributed by atoms with Gasteiger partial charge in [-0.2, -0.15) is 0 Å². The maximum atomic E-state index is 12.3. The summed E-state index contributed by atoms with van der Waals surface area (Å²) in [6, 6.07) is 8.49. The van der Waals surface area contributed by atoms with Crippen LogP contribution in [0, 0.1) is 6.92 Å². The van der Waals surface area contributed by atoms with Gasteiger partial charge in [0.15, 0.2) is 0 Å². The highest BCUT2D eigenvalue weighted by atomic mass is 16.5. The molecule has 0 saturated carbocycles. The minimum atomic E-state index is -0.256. The maximum Gasteiger partial charge on any atom is 0.249 e. The molecule has 2 aliphatic rings. The number of hydrogen-bond donors (Lipinski definition) is 1.